The highest BCUT2D eigenvalue weighted by Crippen LogP contribution is 2.33. The van der Waals surface area contributed by atoms with Crippen LogP contribution in [0.1, 0.15) is 17.2 Å². The van der Waals surface area contributed by atoms with Crippen molar-refractivity contribution in [2.24, 2.45) is 0 Å². The van der Waals surface area contributed by atoms with Crippen LogP contribution in [-0.2, 0) is 4.74 Å². The lowest BCUT2D eigenvalue weighted by Crippen LogP contribution is -2.08. The molecule has 0 saturated carbocycles. The molecule has 0 saturated heterocycles. The lowest BCUT2D eigenvalue weighted by Gasteiger charge is -2.17. The maximum absolute atomic E-state index is 10.6. The molecule has 2 aromatic rings. The minimum Gasteiger partial charge on any atom is -0.491 e. The van der Waals surface area contributed by atoms with Crippen LogP contribution in [0.15, 0.2) is 46.9 Å². The fourth-order valence-electron chi connectivity index (χ4n) is 1.93. The third-order valence-electron chi connectivity index (χ3n) is 3.02. The van der Waals surface area contributed by atoms with Crippen molar-refractivity contribution in [2.45, 2.75) is 6.10 Å². The summed E-state index contributed by atoms with van der Waals surface area (Å²) in [6.45, 7) is 0.926. The van der Waals surface area contributed by atoms with Gasteiger partial charge in [-0.3, -0.25) is 0 Å². The normalized spacial score (nSPS) is 12.2. The number of aliphatic hydroxyl groups excluding tert-OH is 1. The zero-order valence-electron chi connectivity index (χ0n) is 11.6. The van der Waals surface area contributed by atoms with Gasteiger partial charge in [-0.05, 0) is 39.7 Å². The molecule has 0 amide bonds. The summed E-state index contributed by atoms with van der Waals surface area (Å²) >= 11 is 9.42. The summed E-state index contributed by atoms with van der Waals surface area (Å²) in [4.78, 5) is 0. The van der Waals surface area contributed by atoms with E-state index < -0.39 is 6.10 Å². The number of hydrogen-bond acceptors (Lipinski definition) is 3. The summed E-state index contributed by atoms with van der Waals surface area (Å²) in [6, 6.07) is 12.8. The largest absolute Gasteiger partial charge is 0.491 e. The molecular weight excluding hydrogens is 356 g/mol. The van der Waals surface area contributed by atoms with Crippen molar-refractivity contribution in [1.82, 2.24) is 0 Å². The van der Waals surface area contributed by atoms with Crippen molar-refractivity contribution in [3.8, 4) is 5.75 Å². The minimum atomic E-state index is -0.797. The molecule has 0 spiro atoms. The Hall–Kier alpha value is -1.07. The van der Waals surface area contributed by atoms with Crippen molar-refractivity contribution in [3.05, 3.63) is 63.1 Å². The van der Waals surface area contributed by atoms with Crippen LogP contribution in [0.4, 0.5) is 0 Å². The van der Waals surface area contributed by atoms with E-state index in [1.54, 1.807) is 13.2 Å². The molecule has 0 aromatic heterocycles. The first-order chi connectivity index (χ1) is 10.1. The Morgan fingerprint density at radius 1 is 1.19 bits per heavy atom. The molecule has 0 fully saturated rings. The van der Waals surface area contributed by atoms with E-state index in [-0.39, 0.29) is 0 Å². The predicted octanol–water partition coefficient (Wildman–Crippen LogP) is 4.21. The van der Waals surface area contributed by atoms with E-state index in [0.29, 0.717) is 35.1 Å². The fourth-order valence-corrected chi connectivity index (χ4v) is 2.37. The van der Waals surface area contributed by atoms with Gasteiger partial charge in [0.25, 0.3) is 0 Å². The van der Waals surface area contributed by atoms with E-state index >= 15 is 0 Å². The highest BCUT2D eigenvalue weighted by molar-refractivity contribution is 9.10. The van der Waals surface area contributed by atoms with Crippen molar-refractivity contribution in [1.29, 1.82) is 0 Å². The molecule has 0 aliphatic carbocycles. The smallest absolute Gasteiger partial charge is 0.125 e. The van der Waals surface area contributed by atoms with Crippen LogP contribution >= 0.6 is 27.5 Å². The van der Waals surface area contributed by atoms with Crippen molar-refractivity contribution >= 4 is 27.5 Å². The van der Waals surface area contributed by atoms with Gasteiger partial charge < -0.3 is 14.6 Å². The molecule has 112 valence electrons. The molecule has 1 unspecified atom stereocenters. The molecule has 0 heterocycles. The lowest BCUT2D eigenvalue weighted by atomic mass is 10.0. The third-order valence-corrected chi connectivity index (χ3v) is 4.25. The van der Waals surface area contributed by atoms with Crippen molar-refractivity contribution in [3.63, 3.8) is 0 Å². The van der Waals surface area contributed by atoms with E-state index in [2.05, 4.69) is 15.9 Å². The lowest BCUT2D eigenvalue weighted by molar-refractivity contribution is 0.142. The monoisotopic (exact) mass is 370 g/mol. The van der Waals surface area contributed by atoms with Crippen LogP contribution in [0.2, 0.25) is 5.02 Å². The second kappa shape index (κ2) is 7.80. The highest BCUT2D eigenvalue weighted by Gasteiger charge is 2.16. The summed E-state index contributed by atoms with van der Waals surface area (Å²) in [5, 5.41) is 11.1. The number of aliphatic hydroxyl groups is 1. The standard InChI is InChI=1S/C16H16BrClO3/c1-20-8-9-21-15-5-3-2-4-12(15)16(19)11-6-7-13(17)14(18)10-11/h2-7,10,16,19H,8-9H2,1H3. The summed E-state index contributed by atoms with van der Waals surface area (Å²) in [6.07, 6.45) is -0.797. The summed E-state index contributed by atoms with van der Waals surface area (Å²) in [5.41, 5.74) is 1.41. The molecule has 0 radical (unpaired) electrons. The average Bonchev–Trinajstić information content (AvgIpc) is 2.50. The van der Waals surface area contributed by atoms with Crippen LogP contribution in [0.5, 0.6) is 5.75 Å². The number of benzene rings is 2. The Labute approximate surface area is 137 Å². The molecule has 0 aliphatic heterocycles. The van der Waals surface area contributed by atoms with Gasteiger partial charge in [0, 0.05) is 17.1 Å². The van der Waals surface area contributed by atoms with Gasteiger partial charge in [0.15, 0.2) is 0 Å². The second-order valence-corrected chi connectivity index (χ2v) is 5.72. The molecule has 2 aromatic carbocycles. The van der Waals surface area contributed by atoms with E-state index in [0.717, 1.165) is 4.47 Å². The summed E-state index contributed by atoms with van der Waals surface area (Å²) in [7, 11) is 1.62. The van der Waals surface area contributed by atoms with Gasteiger partial charge >= 0.3 is 0 Å². The van der Waals surface area contributed by atoms with Crippen LogP contribution in [-0.4, -0.2) is 25.4 Å². The molecule has 21 heavy (non-hydrogen) atoms. The average molecular weight is 372 g/mol. The predicted molar refractivity (Wildman–Crippen MR) is 87.0 cm³/mol. The molecule has 5 heteroatoms. The van der Waals surface area contributed by atoms with Gasteiger partial charge in [-0.1, -0.05) is 35.9 Å². The Balaban J connectivity index is 2.25. The van der Waals surface area contributed by atoms with Crippen LogP contribution in [0.25, 0.3) is 0 Å². The molecule has 0 aliphatic rings. The summed E-state index contributed by atoms with van der Waals surface area (Å²) < 4.78 is 11.4. The maximum atomic E-state index is 10.6. The van der Waals surface area contributed by atoms with Gasteiger partial charge in [-0.25, -0.2) is 0 Å². The molecular formula is C16H16BrClO3. The number of rotatable bonds is 6. The second-order valence-electron chi connectivity index (χ2n) is 4.46. The number of methoxy groups -OCH3 is 1. The highest BCUT2D eigenvalue weighted by atomic mass is 79.9. The Bertz CT molecular complexity index is 604. The van der Waals surface area contributed by atoms with Gasteiger partial charge in [-0.15, -0.1) is 0 Å². The zero-order valence-corrected chi connectivity index (χ0v) is 13.9. The first kappa shape index (κ1) is 16.3. The Morgan fingerprint density at radius 3 is 2.67 bits per heavy atom. The SMILES string of the molecule is COCCOc1ccccc1C(O)c1ccc(Br)c(Cl)c1. The quantitative estimate of drug-likeness (QED) is 0.773. The fraction of sp³-hybridized carbons (Fsp3) is 0.250. The first-order valence-electron chi connectivity index (χ1n) is 6.47. The van der Waals surface area contributed by atoms with E-state index in [9.17, 15) is 5.11 Å². The number of ether oxygens (including phenoxy) is 2. The maximum Gasteiger partial charge on any atom is 0.125 e. The van der Waals surface area contributed by atoms with Gasteiger partial charge in [0.1, 0.15) is 18.5 Å². The number of halogens is 2. The summed E-state index contributed by atoms with van der Waals surface area (Å²) in [5.74, 6) is 0.640. The third kappa shape index (κ3) is 4.20. The number of para-hydroxylation sites is 1. The van der Waals surface area contributed by atoms with Gasteiger partial charge in [0.2, 0.25) is 0 Å². The zero-order chi connectivity index (χ0) is 15.2. The Kier molecular flexibility index (Phi) is 6.06. The molecule has 0 bridgehead atoms. The molecule has 3 nitrogen and oxygen atoms in total. The molecule has 1 atom stereocenters. The molecule has 2 rings (SSSR count). The molecule has 1 N–H and O–H groups in total. The minimum absolute atomic E-state index is 0.432. The van der Waals surface area contributed by atoms with Gasteiger partial charge in [0.05, 0.1) is 11.6 Å². The van der Waals surface area contributed by atoms with Crippen molar-refractivity contribution in [2.75, 3.05) is 20.3 Å². The van der Waals surface area contributed by atoms with Gasteiger partial charge in [-0.2, -0.15) is 0 Å². The van der Waals surface area contributed by atoms with Crippen molar-refractivity contribution < 1.29 is 14.6 Å². The van der Waals surface area contributed by atoms with Crippen LogP contribution in [0, 0.1) is 0 Å². The number of hydrogen-bond donors (Lipinski definition) is 1. The van der Waals surface area contributed by atoms with Crippen LogP contribution in [0.3, 0.4) is 0 Å². The van der Waals surface area contributed by atoms with Crippen LogP contribution < -0.4 is 4.74 Å². The van der Waals surface area contributed by atoms with E-state index in [1.807, 2.05) is 36.4 Å². The Morgan fingerprint density at radius 2 is 1.95 bits per heavy atom. The topological polar surface area (TPSA) is 38.7 Å². The first-order valence-corrected chi connectivity index (χ1v) is 7.64. The van der Waals surface area contributed by atoms with E-state index in [1.165, 1.54) is 0 Å². The van der Waals surface area contributed by atoms with E-state index in [4.69, 9.17) is 21.1 Å².